The maximum absolute atomic E-state index is 12.4. The number of carbonyl (C=O) groups is 2. The summed E-state index contributed by atoms with van der Waals surface area (Å²) in [4.78, 5) is 25.0. The molecule has 0 spiro atoms. The topological polar surface area (TPSA) is 50.5 Å². The second-order valence-electron chi connectivity index (χ2n) is 5.36. The lowest BCUT2D eigenvalue weighted by atomic mass is 10.0. The van der Waals surface area contributed by atoms with Crippen molar-refractivity contribution >= 4 is 12.2 Å². The van der Waals surface area contributed by atoms with E-state index in [4.69, 9.17) is 4.42 Å². The van der Waals surface area contributed by atoms with E-state index in [0.717, 1.165) is 36.1 Å². The third kappa shape index (κ3) is 1.68. The second kappa shape index (κ2) is 4.07. The van der Waals surface area contributed by atoms with Crippen molar-refractivity contribution < 1.29 is 14.0 Å². The van der Waals surface area contributed by atoms with Crippen molar-refractivity contribution in [3.05, 3.63) is 47.2 Å². The normalized spacial score (nSPS) is 17.4. The lowest BCUT2D eigenvalue weighted by Crippen LogP contribution is -2.25. The van der Waals surface area contributed by atoms with Gasteiger partial charge in [0.1, 0.15) is 5.76 Å². The first kappa shape index (κ1) is 11.5. The number of carbonyl (C=O) groups excluding carboxylic acids is 2. The van der Waals surface area contributed by atoms with Gasteiger partial charge in [-0.2, -0.15) is 0 Å². The number of furan rings is 1. The van der Waals surface area contributed by atoms with E-state index in [1.807, 2.05) is 23.1 Å². The molecule has 1 amide bonds. The Kier molecular flexibility index (Phi) is 2.33. The number of hydrogen-bond donors (Lipinski definition) is 0. The van der Waals surface area contributed by atoms with Gasteiger partial charge in [0.15, 0.2) is 12.0 Å². The van der Waals surface area contributed by atoms with Crippen LogP contribution in [0.25, 0.3) is 11.3 Å². The molecular formula is C16H13NO3. The Morgan fingerprint density at radius 3 is 2.75 bits per heavy atom. The summed E-state index contributed by atoms with van der Waals surface area (Å²) in [6.07, 6.45) is 2.91. The first-order chi connectivity index (χ1) is 9.76. The highest BCUT2D eigenvalue weighted by molar-refractivity contribution is 5.99. The molecule has 1 aliphatic carbocycles. The lowest BCUT2D eigenvalue weighted by Gasteiger charge is -2.13. The van der Waals surface area contributed by atoms with Crippen molar-refractivity contribution in [2.75, 3.05) is 0 Å². The molecule has 1 aliphatic heterocycles. The average Bonchev–Trinajstić information content (AvgIpc) is 3.11. The van der Waals surface area contributed by atoms with Crippen LogP contribution in [0.1, 0.15) is 39.3 Å². The zero-order valence-electron chi connectivity index (χ0n) is 10.8. The highest BCUT2D eigenvalue weighted by Gasteiger charge is 2.38. The van der Waals surface area contributed by atoms with Gasteiger partial charge in [-0.15, -0.1) is 0 Å². The molecular weight excluding hydrogens is 254 g/mol. The molecule has 0 radical (unpaired) electrons. The average molecular weight is 267 g/mol. The molecule has 1 aromatic heterocycles. The molecule has 0 atom stereocenters. The van der Waals surface area contributed by atoms with E-state index in [2.05, 4.69) is 0 Å². The van der Waals surface area contributed by atoms with E-state index in [-0.39, 0.29) is 5.91 Å². The third-order valence-corrected chi connectivity index (χ3v) is 3.96. The summed E-state index contributed by atoms with van der Waals surface area (Å²) in [5, 5.41) is 0. The zero-order chi connectivity index (χ0) is 13.7. The van der Waals surface area contributed by atoms with Gasteiger partial charge in [0.2, 0.25) is 0 Å². The highest BCUT2D eigenvalue weighted by Crippen LogP contribution is 2.36. The number of hydrogen-bond acceptors (Lipinski definition) is 3. The second-order valence-corrected chi connectivity index (χ2v) is 5.36. The summed E-state index contributed by atoms with van der Waals surface area (Å²) in [6, 6.07) is 9.61. The number of amides is 1. The molecule has 2 heterocycles. The van der Waals surface area contributed by atoms with Gasteiger partial charge in [0.25, 0.3) is 5.91 Å². The van der Waals surface area contributed by atoms with Crippen LogP contribution in [-0.4, -0.2) is 23.1 Å². The molecule has 0 N–H and O–H groups in total. The van der Waals surface area contributed by atoms with E-state index >= 15 is 0 Å². The van der Waals surface area contributed by atoms with Crippen LogP contribution in [0, 0.1) is 0 Å². The molecule has 2 aliphatic rings. The molecule has 0 bridgehead atoms. The van der Waals surface area contributed by atoms with Crippen molar-refractivity contribution in [3.63, 3.8) is 0 Å². The first-order valence-electron chi connectivity index (χ1n) is 6.75. The van der Waals surface area contributed by atoms with Gasteiger partial charge in [0.05, 0.1) is 0 Å². The number of nitrogens with zero attached hydrogens (tertiary/aromatic N) is 1. The van der Waals surface area contributed by atoms with Gasteiger partial charge < -0.3 is 9.32 Å². The van der Waals surface area contributed by atoms with Gasteiger partial charge >= 0.3 is 0 Å². The zero-order valence-corrected chi connectivity index (χ0v) is 10.8. The summed E-state index contributed by atoms with van der Waals surface area (Å²) >= 11 is 0. The minimum atomic E-state index is 0.117. The van der Waals surface area contributed by atoms with Crippen molar-refractivity contribution in [1.82, 2.24) is 4.90 Å². The van der Waals surface area contributed by atoms with Crippen molar-refractivity contribution in [2.24, 2.45) is 0 Å². The largest absolute Gasteiger partial charge is 0.453 e. The van der Waals surface area contributed by atoms with E-state index in [1.54, 1.807) is 12.1 Å². The Labute approximate surface area is 116 Å². The van der Waals surface area contributed by atoms with Crippen LogP contribution in [-0.2, 0) is 6.54 Å². The first-order valence-corrected chi connectivity index (χ1v) is 6.75. The van der Waals surface area contributed by atoms with Crippen LogP contribution in [0.2, 0.25) is 0 Å². The number of benzene rings is 1. The molecule has 4 rings (SSSR count). The molecule has 20 heavy (non-hydrogen) atoms. The molecule has 4 heteroatoms. The summed E-state index contributed by atoms with van der Waals surface area (Å²) in [7, 11) is 0. The molecule has 1 saturated carbocycles. The minimum Gasteiger partial charge on any atom is -0.453 e. The Morgan fingerprint density at radius 2 is 2.05 bits per heavy atom. The van der Waals surface area contributed by atoms with Crippen LogP contribution in [0.15, 0.2) is 34.7 Å². The van der Waals surface area contributed by atoms with E-state index in [0.29, 0.717) is 23.8 Å². The Bertz CT molecular complexity index is 712. The fraction of sp³-hybridized carbons (Fsp3) is 0.250. The van der Waals surface area contributed by atoms with E-state index < -0.39 is 0 Å². The fourth-order valence-electron chi connectivity index (χ4n) is 2.73. The molecule has 1 aromatic carbocycles. The highest BCUT2D eigenvalue weighted by atomic mass is 16.3. The Morgan fingerprint density at radius 1 is 1.20 bits per heavy atom. The maximum Gasteiger partial charge on any atom is 0.254 e. The Balaban J connectivity index is 1.71. The van der Waals surface area contributed by atoms with Crippen LogP contribution >= 0.6 is 0 Å². The summed E-state index contributed by atoms with van der Waals surface area (Å²) in [6.45, 7) is 0.719. The fourth-order valence-corrected chi connectivity index (χ4v) is 2.73. The SMILES string of the molecule is O=Cc1ccc(-c2ccc3c(c2)C(=O)N(C2CC2)C3)o1. The predicted octanol–water partition coefficient (Wildman–Crippen LogP) is 2.88. The molecule has 4 nitrogen and oxygen atoms in total. The number of aldehydes is 1. The van der Waals surface area contributed by atoms with Crippen LogP contribution in [0.3, 0.4) is 0 Å². The van der Waals surface area contributed by atoms with Crippen molar-refractivity contribution in [1.29, 1.82) is 0 Å². The molecule has 2 aromatic rings. The van der Waals surface area contributed by atoms with Crippen molar-refractivity contribution in [2.45, 2.75) is 25.4 Å². The van der Waals surface area contributed by atoms with Gasteiger partial charge in [-0.05, 0) is 36.6 Å². The third-order valence-electron chi connectivity index (χ3n) is 3.96. The van der Waals surface area contributed by atoms with E-state index in [1.165, 1.54) is 0 Å². The van der Waals surface area contributed by atoms with Gasteiger partial charge in [0, 0.05) is 23.7 Å². The van der Waals surface area contributed by atoms with Crippen molar-refractivity contribution in [3.8, 4) is 11.3 Å². The van der Waals surface area contributed by atoms with Crippen LogP contribution < -0.4 is 0 Å². The monoisotopic (exact) mass is 267 g/mol. The molecule has 0 saturated heterocycles. The van der Waals surface area contributed by atoms with Gasteiger partial charge in [-0.25, -0.2) is 0 Å². The predicted molar refractivity (Wildman–Crippen MR) is 72.4 cm³/mol. The number of rotatable bonds is 3. The maximum atomic E-state index is 12.4. The Hall–Kier alpha value is -2.36. The molecule has 100 valence electrons. The van der Waals surface area contributed by atoms with Crippen LogP contribution in [0.4, 0.5) is 0 Å². The molecule has 1 fully saturated rings. The lowest BCUT2D eigenvalue weighted by molar-refractivity contribution is 0.0766. The summed E-state index contributed by atoms with van der Waals surface area (Å²) in [5.74, 6) is 1.03. The summed E-state index contributed by atoms with van der Waals surface area (Å²) < 4.78 is 5.41. The summed E-state index contributed by atoms with van der Waals surface area (Å²) in [5.41, 5.74) is 2.68. The standard InChI is InChI=1S/C16H13NO3/c18-9-13-5-6-15(20-13)10-1-2-11-8-17(12-3-4-12)16(19)14(11)7-10/h1-2,5-7,9,12H,3-4,8H2. The van der Waals surface area contributed by atoms with Gasteiger partial charge in [-0.1, -0.05) is 12.1 Å². The smallest absolute Gasteiger partial charge is 0.254 e. The number of fused-ring (bicyclic) bond motifs is 1. The quantitative estimate of drug-likeness (QED) is 0.803. The van der Waals surface area contributed by atoms with Crippen LogP contribution in [0.5, 0.6) is 0 Å². The van der Waals surface area contributed by atoms with Gasteiger partial charge in [-0.3, -0.25) is 9.59 Å². The minimum absolute atomic E-state index is 0.117. The van der Waals surface area contributed by atoms with E-state index in [9.17, 15) is 9.59 Å². The molecule has 0 unspecified atom stereocenters.